The smallest absolute Gasteiger partial charge is 0.285 e. The normalized spacial score (nSPS) is 13.1. The zero-order valence-electron chi connectivity index (χ0n) is 13.3. The van der Waals surface area contributed by atoms with Crippen molar-refractivity contribution in [1.29, 1.82) is 0 Å². The number of aliphatic imine (C=N–C) groups is 1. The highest BCUT2D eigenvalue weighted by Gasteiger charge is 2.19. The fourth-order valence-electron chi connectivity index (χ4n) is 1.85. The molecule has 1 amide bonds. The topological polar surface area (TPSA) is 156 Å². The number of carbonyl (C=O) groups excluding carboxylic acids is 1. The minimum absolute atomic E-state index is 0.0184. The van der Waals surface area contributed by atoms with Gasteiger partial charge in [0.1, 0.15) is 0 Å². The highest BCUT2D eigenvalue weighted by Crippen LogP contribution is 2.25. The first-order valence-corrected chi connectivity index (χ1v) is 10.2. The zero-order valence-corrected chi connectivity index (χ0v) is 15.0. The number of carbonyl (C=O) groups is 1. The highest BCUT2D eigenvalue weighted by atomic mass is 32.2. The summed E-state index contributed by atoms with van der Waals surface area (Å²) in [5.41, 5.74) is 5.94. The van der Waals surface area contributed by atoms with E-state index in [0.29, 0.717) is 5.56 Å². The van der Waals surface area contributed by atoms with E-state index >= 15 is 0 Å². The van der Waals surface area contributed by atoms with E-state index in [1.807, 2.05) is 13.8 Å². The molecule has 0 aliphatic rings. The van der Waals surface area contributed by atoms with E-state index in [4.69, 9.17) is 10.3 Å². The van der Waals surface area contributed by atoms with Crippen LogP contribution < -0.4 is 11.1 Å². The van der Waals surface area contributed by atoms with Gasteiger partial charge in [-0.1, -0.05) is 19.9 Å². The predicted molar refractivity (Wildman–Crippen MR) is 89.1 cm³/mol. The molecule has 0 radical (unpaired) electrons. The van der Waals surface area contributed by atoms with Gasteiger partial charge in [0.2, 0.25) is 0 Å². The van der Waals surface area contributed by atoms with Crippen LogP contribution in [0.2, 0.25) is 0 Å². The quantitative estimate of drug-likeness (QED) is 0.373. The Morgan fingerprint density at radius 3 is 2.33 bits per heavy atom. The number of sulfone groups is 1. The molecule has 0 unspecified atom stereocenters. The lowest BCUT2D eigenvalue weighted by atomic mass is 10.0. The molecule has 24 heavy (non-hydrogen) atoms. The van der Waals surface area contributed by atoms with Crippen LogP contribution >= 0.6 is 0 Å². The molecule has 0 spiro atoms. The van der Waals surface area contributed by atoms with Gasteiger partial charge < -0.3 is 5.73 Å². The van der Waals surface area contributed by atoms with Crippen LogP contribution in [0.4, 0.5) is 0 Å². The molecule has 0 aliphatic heterocycles. The number of hydrogen-bond donors (Lipinski definition) is 3. The molecule has 9 nitrogen and oxygen atoms in total. The summed E-state index contributed by atoms with van der Waals surface area (Å²) >= 11 is 0. The first-order valence-electron chi connectivity index (χ1n) is 6.71. The second-order valence-electron chi connectivity index (χ2n) is 5.39. The highest BCUT2D eigenvalue weighted by molar-refractivity contribution is 7.90. The summed E-state index contributed by atoms with van der Waals surface area (Å²) in [5, 5.41) is 2.11. The van der Waals surface area contributed by atoms with Crippen LogP contribution in [0.15, 0.2) is 28.1 Å². The molecule has 11 heteroatoms. The SMILES string of the molecule is CC(C)c1ccc(C(=O)NC(N)=NCS(=O)(=O)O)cc1S(C)(=O)=O. The molecule has 1 rings (SSSR count). The van der Waals surface area contributed by atoms with Crippen LogP contribution in [0.25, 0.3) is 0 Å². The van der Waals surface area contributed by atoms with E-state index in [1.54, 1.807) is 0 Å². The maximum atomic E-state index is 12.1. The lowest BCUT2D eigenvalue weighted by Gasteiger charge is -2.13. The Labute approximate surface area is 140 Å². The third-order valence-electron chi connectivity index (χ3n) is 2.94. The number of amides is 1. The number of nitrogens with two attached hydrogens (primary N) is 1. The molecule has 4 N–H and O–H groups in total. The van der Waals surface area contributed by atoms with Gasteiger partial charge in [-0.3, -0.25) is 14.7 Å². The Morgan fingerprint density at radius 2 is 1.88 bits per heavy atom. The third kappa shape index (κ3) is 5.91. The Balaban J connectivity index is 3.13. The van der Waals surface area contributed by atoms with E-state index in [1.165, 1.54) is 18.2 Å². The van der Waals surface area contributed by atoms with Crippen molar-refractivity contribution >= 4 is 31.8 Å². The van der Waals surface area contributed by atoms with Gasteiger partial charge in [-0.25, -0.2) is 13.4 Å². The average molecular weight is 377 g/mol. The number of guanidine groups is 1. The summed E-state index contributed by atoms with van der Waals surface area (Å²) in [4.78, 5) is 15.4. The van der Waals surface area contributed by atoms with Crippen molar-refractivity contribution in [3.63, 3.8) is 0 Å². The number of rotatable bonds is 5. The Kier molecular flexibility index (Phi) is 6.09. The molecule has 0 fully saturated rings. The van der Waals surface area contributed by atoms with Crippen molar-refractivity contribution < 1.29 is 26.2 Å². The van der Waals surface area contributed by atoms with Crippen molar-refractivity contribution in [2.75, 3.05) is 12.1 Å². The van der Waals surface area contributed by atoms with E-state index in [2.05, 4.69) is 10.3 Å². The maximum absolute atomic E-state index is 12.1. The van der Waals surface area contributed by atoms with Gasteiger partial charge in [0.05, 0.1) is 4.90 Å². The van der Waals surface area contributed by atoms with E-state index < -0.39 is 37.7 Å². The van der Waals surface area contributed by atoms with Crippen LogP contribution in [0.1, 0.15) is 35.7 Å². The van der Waals surface area contributed by atoms with Crippen LogP contribution in [0, 0.1) is 0 Å². The van der Waals surface area contributed by atoms with Crippen LogP contribution in [-0.2, 0) is 20.0 Å². The van der Waals surface area contributed by atoms with Crippen molar-refractivity contribution in [2.45, 2.75) is 24.7 Å². The summed E-state index contributed by atoms with van der Waals surface area (Å²) in [7, 11) is -7.91. The van der Waals surface area contributed by atoms with Gasteiger partial charge in [-0.2, -0.15) is 8.42 Å². The molecule has 1 aromatic rings. The van der Waals surface area contributed by atoms with Crippen molar-refractivity contribution in [1.82, 2.24) is 5.32 Å². The van der Waals surface area contributed by atoms with Crippen LogP contribution in [-0.4, -0.2) is 45.4 Å². The summed E-state index contributed by atoms with van der Waals surface area (Å²) < 4.78 is 53.5. The molecule has 0 aliphatic carbocycles. The first-order chi connectivity index (χ1) is 10.8. The largest absolute Gasteiger partial charge is 0.370 e. The van der Waals surface area contributed by atoms with Crippen LogP contribution in [0.3, 0.4) is 0 Å². The lowest BCUT2D eigenvalue weighted by molar-refractivity contribution is 0.0976. The number of hydrogen-bond acceptors (Lipinski definition) is 6. The molecule has 0 saturated carbocycles. The number of nitrogens with zero attached hydrogens (tertiary/aromatic N) is 1. The fourth-order valence-corrected chi connectivity index (χ4v) is 3.23. The standard InChI is InChI=1S/C13H19N3O6S2/c1-8(2)10-5-4-9(6-11(10)23(3,18)19)12(17)16-13(14)15-7-24(20,21)22/h4-6,8H,7H2,1-3H3,(H,20,21,22)(H3,14,15,16,17). The average Bonchev–Trinajstić information content (AvgIpc) is 2.42. The van der Waals surface area contributed by atoms with Gasteiger partial charge in [0.15, 0.2) is 21.7 Å². The summed E-state index contributed by atoms with van der Waals surface area (Å²) in [6.45, 7) is 3.65. The monoisotopic (exact) mass is 377 g/mol. The van der Waals surface area contributed by atoms with Gasteiger partial charge >= 0.3 is 0 Å². The summed E-state index contributed by atoms with van der Waals surface area (Å²) in [6, 6.07) is 4.17. The molecule has 134 valence electrons. The molecular formula is C13H19N3O6S2. The summed E-state index contributed by atoms with van der Waals surface area (Å²) in [6.07, 6.45) is 1.04. The summed E-state index contributed by atoms with van der Waals surface area (Å²) in [5.74, 6) is -2.34. The first kappa shape index (κ1) is 20.1. The van der Waals surface area contributed by atoms with Gasteiger partial charge in [-0.15, -0.1) is 0 Å². The van der Waals surface area contributed by atoms with E-state index in [9.17, 15) is 21.6 Å². The second kappa shape index (κ2) is 7.28. The van der Waals surface area contributed by atoms with Crippen LogP contribution in [0.5, 0.6) is 0 Å². The zero-order chi connectivity index (χ0) is 18.7. The Bertz CT molecular complexity index is 873. The Hall–Kier alpha value is -1.98. The lowest BCUT2D eigenvalue weighted by Crippen LogP contribution is -2.37. The minimum Gasteiger partial charge on any atom is -0.370 e. The fraction of sp³-hybridized carbons (Fsp3) is 0.385. The van der Waals surface area contributed by atoms with Gasteiger partial charge in [0, 0.05) is 11.8 Å². The molecule has 0 saturated heterocycles. The molecular weight excluding hydrogens is 358 g/mol. The Morgan fingerprint density at radius 1 is 1.29 bits per heavy atom. The van der Waals surface area contributed by atoms with Crippen molar-refractivity contribution in [3.05, 3.63) is 29.3 Å². The van der Waals surface area contributed by atoms with Crippen molar-refractivity contribution in [3.8, 4) is 0 Å². The molecule has 0 bridgehead atoms. The van der Waals surface area contributed by atoms with Gasteiger partial charge in [-0.05, 0) is 23.6 Å². The molecule has 0 atom stereocenters. The maximum Gasteiger partial charge on any atom is 0.285 e. The third-order valence-corrected chi connectivity index (χ3v) is 4.54. The molecule has 0 aromatic heterocycles. The van der Waals surface area contributed by atoms with Crippen molar-refractivity contribution in [2.24, 2.45) is 10.7 Å². The number of benzene rings is 1. The van der Waals surface area contributed by atoms with Gasteiger partial charge in [0.25, 0.3) is 16.0 Å². The molecule has 1 aromatic carbocycles. The number of nitrogens with one attached hydrogen (secondary N) is 1. The van der Waals surface area contributed by atoms with E-state index in [-0.39, 0.29) is 16.4 Å². The predicted octanol–water partition coefficient (Wildman–Crippen LogP) is 0.103. The molecule has 0 heterocycles. The van der Waals surface area contributed by atoms with E-state index in [0.717, 1.165) is 6.26 Å². The second-order valence-corrected chi connectivity index (χ2v) is 8.79. The minimum atomic E-state index is -4.36.